The van der Waals surface area contributed by atoms with E-state index < -0.39 is 0 Å². The number of methoxy groups -OCH3 is 2. The van der Waals surface area contributed by atoms with Crippen LogP contribution in [0.4, 0.5) is 11.5 Å². The zero-order valence-corrected chi connectivity index (χ0v) is 16.1. The van der Waals surface area contributed by atoms with Crippen LogP contribution < -0.4 is 14.8 Å². The molecule has 27 heavy (non-hydrogen) atoms. The number of ether oxygens (including phenoxy) is 3. The summed E-state index contributed by atoms with van der Waals surface area (Å²) in [6, 6.07) is 5.50. The average molecular weight is 387 g/mol. The van der Waals surface area contributed by atoms with E-state index in [4.69, 9.17) is 14.2 Å². The molecular formula is C18H21N5O3S. The smallest absolute Gasteiger partial charge is 0.188 e. The highest BCUT2D eigenvalue weighted by molar-refractivity contribution is 7.80. The second kappa shape index (κ2) is 7.61. The van der Waals surface area contributed by atoms with Crippen LogP contribution in [0.5, 0.6) is 11.5 Å². The number of rotatable bonds is 5. The molecule has 1 aliphatic heterocycles. The van der Waals surface area contributed by atoms with Gasteiger partial charge in [0, 0.05) is 12.7 Å². The Balaban J connectivity index is 1.75. The molecule has 1 aromatic carbocycles. The lowest BCUT2D eigenvalue weighted by Gasteiger charge is -2.23. The fraction of sp³-hybridized carbons (Fsp3) is 0.389. The van der Waals surface area contributed by atoms with Gasteiger partial charge in [0.25, 0.3) is 0 Å². The Morgan fingerprint density at radius 2 is 2.11 bits per heavy atom. The number of hydrogen-bond acceptors (Lipinski definition) is 8. The van der Waals surface area contributed by atoms with Crippen molar-refractivity contribution in [3.8, 4) is 11.5 Å². The third-order valence-electron chi connectivity index (χ3n) is 4.54. The molecule has 0 amide bonds. The molecule has 4 rings (SSSR count). The van der Waals surface area contributed by atoms with Gasteiger partial charge >= 0.3 is 0 Å². The van der Waals surface area contributed by atoms with Crippen molar-refractivity contribution in [3.05, 3.63) is 24.5 Å². The normalized spacial score (nSPS) is 17.1. The van der Waals surface area contributed by atoms with Crippen LogP contribution in [0.3, 0.4) is 0 Å². The number of hydrogen-bond donors (Lipinski definition) is 2. The van der Waals surface area contributed by atoms with Crippen LogP contribution in [-0.2, 0) is 4.74 Å². The standard InChI is InChI=1S/C18H21N5O3S/c1-24-11-6-7-13(25-2)12(9-11)20-16-15-17(22-18(27)21-16)23(10-19-15)14-5-3-4-8-26-14/h6-7,9-10,14H,3-5,8H2,1-2H3,(H2,20,21,22,27). The van der Waals surface area contributed by atoms with Crippen LogP contribution in [0.15, 0.2) is 29.7 Å². The number of benzene rings is 1. The van der Waals surface area contributed by atoms with Crippen molar-refractivity contribution < 1.29 is 14.2 Å². The summed E-state index contributed by atoms with van der Waals surface area (Å²) in [5, 5.41) is 3.63. The van der Waals surface area contributed by atoms with E-state index >= 15 is 0 Å². The molecule has 0 bridgehead atoms. The summed E-state index contributed by atoms with van der Waals surface area (Å²) in [5.41, 5.74) is 2.05. The molecule has 3 aromatic rings. The van der Waals surface area contributed by atoms with Crippen molar-refractivity contribution >= 4 is 35.3 Å². The fourth-order valence-electron chi connectivity index (χ4n) is 3.19. The monoisotopic (exact) mass is 387 g/mol. The predicted octanol–water partition coefficient (Wildman–Crippen LogP) is 3.57. The van der Waals surface area contributed by atoms with Gasteiger partial charge in [0.2, 0.25) is 0 Å². The average Bonchev–Trinajstić information content (AvgIpc) is 3.12. The first-order chi connectivity index (χ1) is 13.2. The van der Waals surface area contributed by atoms with E-state index in [0.717, 1.165) is 25.9 Å². The van der Waals surface area contributed by atoms with Gasteiger partial charge in [-0.25, -0.2) is 15.0 Å². The van der Waals surface area contributed by atoms with Gasteiger partial charge in [0.1, 0.15) is 17.7 Å². The number of fused-ring (bicyclic) bond motifs is 1. The van der Waals surface area contributed by atoms with Crippen molar-refractivity contribution in [1.29, 1.82) is 0 Å². The molecular weight excluding hydrogens is 366 g/mol. The van der Waals surface area contributed by atoms with Crippen LogP contribution in [0.25, 0.3) is 11.2 Å². The molecule has 1 N–H and O–H groups in total. The maximum Gasteiger partial charge on any atom is 0.188 e. The van der Waals surface area contributed by atoms with Crippen LogP contribution >= 0.6 is 12.6 Å². The van der Waals surface area contributed by atoms with Gasteiger partial charge in [-0.15, -0.1) is 12.6 Å². The van der Waals surface area contributed by atoms with Gasteiger partial charge in [-0.3, -0.25) is 4.57 Å². The molecule has 1 unspecified atom stereocenters. The van der Waals surface area contributed by atoms with Gasteiger partial charge in [0.15, 0.2) is 22.1 Å². The Bertz CT molecular complexity index is 956. The minimum absolute atomic E-state index is 0.0643. The maximum absolute atomic E-state index is 5.88. The summed E-state index contributed by atoms with van der Waals surface area (Å²) < 4.78 is 18.6. The summed E-state index contributed by atoms with van der Waals surface area (Å²) in [6.45, 7) is 0.745. The molecule has 1 fully saturated rings. The van der Waals surface area contributed by atoms with E-state index in [1.165, 1.54) is 0 Å². The van der Waals surface area contributed by atoms with Crippen LogP contribution in [0.1, 0.15) is 25.5 Å². The second-order valence-electron chi connectivity index (χ2n) is 6.21. The summed E-state index contributed by atoms with van der Waals surface area (Å²) in [5.74, 6) is 1.92. The number of aromatic nitrogens is 4. The fourth-order valence-corrected chi connectivity index (χ4v) is 3.38. The van der Waals surface area contributed by atoms with E-state index in [0.29, 0.717) is 39.3 Å². The second-order valence-corrected chi connectivity index (χ2v) is 6.61. The van der Waals surface area contributed by atoms with Crippen LogP contribution in [-0.4, -0.2) is 40.3 Å². The third-order valence-corrected chi connectivity index (χ3v) is 4.74. The topological polar surface area (TPSA) is 83.3 Å². The van der Waals surface area contributed by atoms with Crippen molar-refractivity contribution in [1.82, 2.24) is 19.5 Å². The minimum atomic E-state index is -0.0643. The molecule has 9 heteroatoms. The van der Waals surface area contributed by atoms with Gasteiger partial charge < -0.3 is 19.5 Å². The van der Waals surface area contributed by atoms with Crippen LogP contribution in [0, 0.1) is 0 Å². The van der Waals surface area contributed by atoms with Gasteiger partial charge in [0.05, 0.1) is 26.2 Å². The lowest BCUT2D eigenvalue weighted by atomic mass is 10.2. The lowest BCUT2D eigenvalue weighted by Crippen LogP contribution is -2.17. The van der Waals surface area contributed by atoms with E-state index in [2.05, 4.69) is 32.9 Å². The quantitative estimate of drug-likeness (QED) is 0.511. The Kier molecular flexibility index (Phi) is 5.04. The molecule has 0 spiro atoms. The first kappa shape index (κ1) is 17.9. The van der Waals surface area contributed by atoms with Gasteiger partial charge in [-0.05, 0) is 31.4 Å². The molecule has 8 nitrogen and oxygen atoms in total. The van der Waals surface area contributed by atoms with Crippen molar-refractivity contribution in [2.75, 3.05) is 26.1 Å². The molecule has 1 aliphatic rings. The zero-order valence-electron chi connectivity index (χ0n) is 15.2. The number of imidazole rings is 1. The van der Waals surface area contributed by atoms with Crippen LogP contribution in [0.2, 0.25) is 0 Å². The summed E-state index contributed by atoms with van der Waals surface area (Å²) in [4.78, 5) is 13.4. The van der Waals surface area contributed by atoms with E-state index in [1.54, 1.807) is 20.5 Å². The van der Waals surface area contributed by atoms with Gasteiger partial charge in [-0.1, -0.05) is 0 Å². The number of thiol groups is 1. The highest BCUT2D eigenvalue weighted by Crippen LogP contribution is 2.34. The number of anilines is 2. The Hall–Kier alpha value is -2.52. The van der Waals surface area contributed by atoms with E-state index in [-0.39, 0.29) is 6.23 Å². The van der Waals surface area contributed by atoms with Crippen molar-refractivity contribution in [2.45, 2.75) is 30.6 Å². The SMILES string of the molecule is COc1ccc(OC)c(Nc2nc(S)nc3c2ncn3C2CCCCO2)c1. The number of nitrogens with one attached hydrogen (secondary N) is 1. The summed E-state index contributed by atoms with van der Waals surface area (Å²) in [7, 11) is 3.23. The highest BCUT2D eigenvalue weighted by Gasteiger charge is 2.21. The minimum Gasteiger partial charge on any atom is -0.497 e. The summed E-state index contributed by atoms with van der Waals surface area (Å²) in [6.07, 6.45) is 4.82. The molecule has 2 aromatic heterocycles. The van der Waals surface area contributed by atoms with E-state index in [9.17, 15) is 0 Å². The first-order valence-corrected chi connectivity index (χ1v) is 9.18. The highest BCUT2D eigenvalue weighted by atomic mass is 32.1. The number of nitrogens with zero attached hydrogens (tertiary/aromatic N) is 4. The predicted molar refractivity (Wildman–Crippen MR) is 104 cm³/mol. The zero-order chi connectivity index (χ0) is 18.8. The third kappa shape index (κ3) is 3.52. The summed E-state index contributed by atoms with van der Waals surface area (Å²) >= 11 is 4.37. The van der Waals surface area contributed by atoms with Gasteiger partial charge in [-0.2, -0.15) is 0 Å². The van der Waals surface area contributed by atoms with Crippen molar-refractivity contribution in [2.24, 2.45) is 0 Å². The molecule has 1 atom stereocenters. The Morgan fingerprint density at radius 3 is 2.85 bits per heavy atom. The molecule has 3 heterocycles. The Labute approximate surface area is 162 Å². The molecule has 0 aliphatic carbocycles. The Morgan fingerprint density at radius 1 is 1.22 bits per heavy atom. The first-order valence-electron chi connectivity index (χ1n) is 8.74. The van der Waals surface area contributed by atoms with Crippen molar-refractivity contribution in [3.63, 3.8) is 0 Å². The molecule has 0 saturated carbocycles. The lowest BCUT2D eigenvalue weighted by molar-refractivity contribution is -0.0298. The maximum atomic E-state index is 5.88. The largest absolute Gasteiger partial charge is 0.497 e. The molecule has 142 valence electrons. The van der Waals surface area contributed by atoms with E-state index in [1.807, 2.05) is 22.8 Å². The molecule has 0 radical (unpaired) electrons. The molecule has 1 saturated heterocycles.